The van der Waals surface area contributed by atoms with Crippen LogP contribution in [0, 0.1) is 0 Å². The van der Waals surface area contributed by atoms with Crippen molar-refractivity contribution in [3.05, 3.63) is 42.5 Å². The number of β-amino-alcohol motifs (C(OH)–C–C–N with tert-alkyl or cyclic N) is 1. The Hall–Kier alpha value is -1.96. The van der Waals surface area contributed by atoms with Gasteiger partial charge in [0.05, 0.1) is 0 Å². The van der Waals surface area contributed by atoms with Gasteiger partial charge in [-0.2, -0.15) is 0 Å². The van der Waals surface area contributed by atoms with E-state index in [9.17, 15) is 5.11 Å². The van der Waals surface area contributed by atoms with Crippen LogP contribution in [0.15, 0.2) is 36.9 Å². The summed E-state index contributed by atoms with van der Waals surface area (Å²) in [5.41, 5.74) is 1.29. The first-order valence-corrected chi connectivity index (χ1v) is 11.4. The number of aliphatic hydroxyl groups is 1. The van der Waals surface area contributed by atoms with Crippen LogP contribution in [0.4, 0.5) is 0 Å². The van der Waals surface area contributed by atoms with Crippen molar-refractivity contribution in [2.75, 3.05) is 39.3 Å². The molecule has 0 saturated carbocycles. The van der Waals surface area contributed by atoms with Gasteiger partial charge in [-0.1, -0.05) is 25.0 Å². The number of nitrogens with zero attached hydrogens (tertiary/aromatic N) is 5. The second kappa shape index (κ2) is 10.9. The Morgan fingerprint density at radius 2 is 1.70 bits per heavy atom. The summed E-state index contributed by atoms with van der Waals surface area (Å²) < 4.78 is 8.02. The second-order valence-electron chi connectivity index (χ2n) is 8.74. The van der Waals surface area contributed by atoms with Crippen LogP contribution in [0.1, 0.15) is 50.1 Å². The molecule has 30 heavy (non-hydrogen) atoms. The summed E-state index contributed by atoms with van der Waals surface area (Å²) >= 11 is 0. The first-order valence-electron chi connectivity index (χ1n) is 11.4. The first kappa shape index (κ1) is 21.3. The van der Waals surface area contributed by atoms with Crippen LogP contribution in [-0.4, -0.2) is 75.1 Å². The SMILES string of the molecule is OC(COc1cccc(CN2CCCCCC2)c1)CN1CCC(n2cnnc2)CC1. The van der Waals surface area contributed by atoms with Crippen molar-refractivity contribution >= 4 is 0 Å². The van der Waals surface area contributed by atoms with E-state index in [2.05, 4.69) is 42.8 Å². The van der Waals surface area contributed by atoms with Gasteiger partial charge in [0.1, 0.15) is 31.1 Å². The average Bonchev–Trinajstić information content (AvgIpc) is 3.19. The van der Waals surface area contributed by atoms with E-state index in [1.165, 1.54) is 44.3 Å². The molecule has 0 radical (unpaired) electrons. The molecule has 1 atom stereocenters. The predicted octanol–water partition coefficient (Wildman–Crippen LogP) is 2.73. The number of aromatic nitrogens is 3. The second-order valence-corrected chi connectivity index (χ2v) is 8.74. The van der Waals surface area contributed by atoms with Gasteiger partial charge in [-0.3, -0.25) is 4.90 Å². The highest BCUT2D eigenvalue weighted by atomic mass is 16.5. The van der Waals surface area contributed by atoms with Crippen LogP contribution in [0.2, 0.25) is 0 Å². The van der Waals surface area contributed by atoms with E-state index in [-0.39, 0.29) is 0 Å². The highest BCUT2D eigenvalue weighted by Gasteiger charge is 2.22. The van der Waals surface area contributed by atoms with Gasteiger partial charge in [0.2, 0.25) is 0 Å². The van der Waals surface area contributed by atoms with Crippen molar-refractivity contribution in [2.45, 2.75) is 57.2 Å². The van der Waals surface area contributed by atoms with Crippen molar-refractivity contribution in [1.29, 1.82) is 0 Å². The molecule has 7 nitrogen and oxygen atoms in total. The Labute approximate surface area is 179 Å². The van der Waals surface area contributed by atoms with Gasteiger partial charge in [-0.15, -0.1) is 10.2 Å². The molecule has 164 valence electrons. The Morgan fingerprint density at radius 3 is 2.43 bits per heavy atom. The molecule has 2 aliphatic rings. The fraction of sp³-hybridized carbons (Fsp3) is 0.652. The lowest BCUT2D eigenvalue weighted by Crippen LogP contribution is -2.41. The third-order valence-electron chi connectivity index (χ3n) is 6.33. The Bertz CT molecular complexity index is 738. The first-order chi connectivity index (χ1) is 14.8. The third-order valence-corrected chi connectivity index (χ3v) is 6.33. The summed E-state index contributed by atoms with van der Waals surface area (Å²) in [7, 11) is 0. The van der Waals surface area contributed by atoms with Crippen molar-refractivity contribution in [3.63, 3.8) is 0 Å². The van der Waals surface area contributed by atoms with Crippen LogP contribution in [0.3, 0.4) is 0 Å². The molecule has 0 spiro atoms. The summed E-state index contributed by atoms with van der Waals surface area (Å²) in [6.07, 6.45) is 10.6. The average molecular weight is 414 g/mol. The zero-order valence-electron chi connectivity index (χ0n) is 17.9. The van der Waals surface area contributed by atoms with E-state index in [4.69, 9.17) is 4.74 Å². The molecular weight excluding hydrogens is 378 g/mol. The van der Waals surface area contributed by atoms with E-state index in [0.29, 0.717) is 19.2 Å². The van der Waals surface area contributed by atoms with Gasteiger partial charge in [0.25, 0.3) is 0 Å². The number of piperidine rings is 1. The lowest BCUT2D eigenvalue weighted by atomic mass is 10.0. The summed E-state index contributed by atoms with van der Waals surface area (Å²) in [6.45, 7) is 6.31. The Balaban J connectivity index is 1.19. The van der Waals surface area contributed by atoms with E-state index in [0.717, 1.165) is 38.2 Å². The molecule has 0 aliphatic carbocycles. The molecule has 7 heteroatoms. The fourth-order valence-electron chi connectivity index (χ4n) is 4.63. The Morgan fingerprint density at radius 1 is 0.967 bits per heavy atom. The number of rotatable bonds is 8. The molecule has 0 bridgehead atoms. The van der Waals surface area contributed by atoms with Crippen LogP contribution in [0.5, 0.6) is 5.75 Å². The predicted molar refractivity (Wildman–Crippen MR) is 116 cm³/mol. The standard InChI is InChI=1S/C23H35N5O2/c29-22(16-27-12-8-21(9-13-27)28-18-24-25-19-28)17-30-23-7-5-6-20(14-23)15-26-10-3-1-2-4-11-26/h5-7,14,18-19,21-22,29H,1-4,8-13,15-17H2. The maximum Gasteiger partial charge on any atom is 0.119 e. The summed E-state index contributed by atoms with van der Waals surface area (Å²) in [5, 5.41) is 18.3. The van der Waals surface area contributed by atoms with E-state index in [1.54, 1.807) is 12.7 Å². The van der Waals surface area contributed by atoms with Gasteiger partial charge in [0.15, 0.2) is 0 Å². The molecule has 2 saturated heterocycles. The third kappa shape index (κ3) is 6.27. The fourth-order valence-corrected chi connectivity index (χ4v) is 4.63. The monoisotopic (exact) mass is 413 g/mol. The Kier molecular flexibility index (Phi) is 7.72. The number of likely N-dealkylation sites (tertiary alicyclic amines) is 2. The van der Waals surface area contributed by atoms with Gasteiger partial charge < -0.3 is 19.3 Å². The van der Waals surface area contributed by atoms with Gasteiger partial charge in [-0.05, 0) is 56.5 Å². The van der Waals surface area contributed by atoms with E-state index in [1.807, 2.05) is 6.07 Å². The van der Waals surface area contributed by atoms with E-state index >= 15 is 0 Å². The van der Waals surface area contributed by atoms with Crippen molar-refractivity contribution < 1.29 is 9.84 Å². The minimum Gasteiger partial charge on any atom is -0.491 e. The largest absolute Gasteiger partial charge is 0.491 e. The molecule has 2 aromatic rings. The molecule has 1 N–H and O–H groups in total. The summed E-state index contributed by atoms with van der Waals surface area (Å²) in [6, 6.07) is 8.82. The molecular formula is C23H35N5O2. The lowest BCUT2D eigenvalue weighted by molar-refractivity contribution is 0.0558. The summed E-state index contributed by atoms with van der Waals surface area (Å²) in [5.74, 6) is 0.854. The highest BCUT2D eigenvalue weighted by molar-refractivity contribution is 5.28. The molecule has 0 amide bonds. The van der Waals surface area contributed by atoms with Crippen molar-refractivity contribution in [1.82, 2.24) is 24.6 Å². The molecule has 1 unspecified atom stereocenters. The van der Waals surface area contributed by atoms with E-state index < -0.39 is 6.10 Å². The van der Waals surface area contributed by atoms with Crippen molar-refractivity contribution in [3.8, 4) is 5.75 Å². The van der Waals surface area contributed by atoms with Gasteiger partial charge in [0, 0.05) is 32.2 Å². The zero-order chi connectivity index (χ0) is 20.6. The minimum atomic E-state index is -0.481. The molecule has 4 rings (SSSR count). The molecule has 1 aromatic heterocycles. The van der Waals surface area contributed by atoms with Gasteiger partial charge in [-0.25, -0.2) is 0 Å². The van der Waals surface area contributed by atoms with Gasteiger partial charge >= 0.3 is 0 Å². The molecule has 2 aliphatic heterocycles. The lowest BCUT2D eigenvalue weighted by Gasteiger charge is -2.33. The number of benzene rings is 1. The van der Waals surface area contributed by atoms with Crippen molar-refractivity contribution in [2.24, 2.45) is 0 Å². The highest BCUT2D eigenvalue weighted by Crippen LogP contribution is 2.22. The molecule has 1 aromatic carbocycles. The number of hydrogen-bond acceptors (Lipinski definition) is 6. The summed E-state index contributed by atoms with van der Waals surface area (Å²) in [4.78, 5) is 4.87. The normalized spacial score (nSPS) is 20.7. The molecule has 2 fully saturated rings. The zero-order valence-corrected chi connectivity index (χ0v) is 17.9. The minimum absolute atomic E-state index is 0.332. The quantitative estimate of drug-likeness (QED) is 0.718. The number of hydrogen-bond donors (Lipinski definition) is 1. The maximum absolute atomic E-state index is 10.5. The van der Waals surface area contributed by atoms with Crippen LogP contribution >= 0.6 is 0 Å². The maximum atomic E-state index is 10.5. The van der Waals surface area contributed by atoms with Crippen LogP contribution < -0.4 is 4.74 Å². The smallest absolute Gasteiger partial charge is 0.119 e. The van der Waals surface area contributed by atoms with Crippen LogP contribution in [0.25, 0.3) is 0 Å². The number of ether oxygens (including phenoxy) is 1. The molecule has 3 heterocycles. The topological polar surface area (TPSA) is 66.7 Å². The number of aliphatic hydroxyl groups excluding tert-OH is 1. The van der Waals surface area contributed by atoms with Crippen LogP contribution in [-0.2, 0) is 6.54 Å².